The van der Waals surface area contributed by atoms with Gasteiger partial charge in [-0.25, -0.2) is 0 Å². The molecule has 3 aromatic rings. The Morgan fingerprint density at radius 2 is 1.58 bits per heavy atom. The number of thiophene rings is 1. The highest BCUT2D eigenvalue weighted by Gasteiger charge is 2.26. The Labute approximate surface area is 195 Å². The smallest absolute Gasteiger partial charge is 0.306 e. The summed E-state index contributed by atoms with van der Waals surface area (Å²) in [5.41, 5.74) is 1.15. The van der Waals surface area contributed by atoms with Crippen LogP contribution in [0.5, 0.6) is 5.75 Å². The Kier molecular flexibility index (Phi) is 7.24. The van der Waals surface area contributed by atoms with Crippen molar-refractivity contribution in [1.29, 1.82) is 0 Å². The van der Waals surface area contributed by atoms with Crippen molar-refractivity contribution in [3.8, 4) is 5.75 Å². The number of carbonyl (C=O) groups excluding carboxylic acids is 2. The maximum Gasteiger partial charge on any atom is 0.306 e. The van der Waals surface area contributed by atoms with Crippen LogP contribution < -0.4 is 15.4 Å². The van der Waals surface area contributed by atoms with E-state index in [1.54, 1.807) is 24.3 Å². The van der Waals surface area contributed by atoms with E-state index < -0.39 is 5.97 Å². The molecule has 0 radical (unpaired) electrons. The van der Waals surface area contributed by atoms with Crippen molar-refractivity contribution in [2.45, 2.75) is 31.8 Å². The number of hydrogen-bond donors (Lipinski definition) is 3. The zero-order valence-electron chi connectivity index (χ0n) is 18.1. The summed E-state index contributed by atoms with van der Waals surface area (Å²) in [6.07, 6.45) is 2.68. The highest BCUT2D eigenvalue weighted by atomic mass is 32.1. The first-order chi connectivity index (χ1) is 16.0. The second-order valence-corrected chi connectivity index (χ2v) is 9.02. The fraction of sp³-hybridized carbons (Fsp3) is 0.320. The monoisotopic (exact) mass is 466 g/mol. The first-order valence-electron chi connectivity index (χ1n) is 11.0. The minimum absolute atomic E-state index is 0.00392. The molecular formula is C25H26N2O5S. The third kappa shape index (κ3) is 5.70. The lowest BCUT2D eigenvalue weighted by Gasteiger charge is -2.26. The van der Waals surface area contributed by atoms with Crippen LogP contribution in [0.4, 0.5) is 0 Å². The van der Waals surface area contributed by atoms with E-state index in [1.807, 2.05) is 29.6 Å². The van der Waals surface area contributed by atoms with E-state index in [9.17, 15) is 14.4 Å². The van der Waals surface area contributed by atoms with Gasteiger partial charge in [0.05, 0.1) is 17.6 Å². The average molecular weight is 467 g/mol. The normalized spacial score (nSPS) is 17.9. The van der Waals surface area contributed by atoms with Gasteiger partial charge in [0.2, 0.25) is 0 Å². The van der Waals surface area contributed by atoms with Crippen molar-refractivity contribution >= 4 is 39.2 Å². The third-order valence-corrected chi connectivity index (χ3v) is 6.83. The molecule has 0 aliphatic heterocycles. The molecule has 0 saturated heterocycles. The van der Waals surface area contributed by atoms with Gasteiger partial charge in [0.1, 0.15) is 5.75 Å². The molecule has 0 bridgehead atoms. The molecule has 0 spiro atoms. The van der Waals surface area contributed by atoms with Crippen LogP contribution in [0.3, 0.4) is 0 Å². The molecule has 1 saturated carbocycles. The molecule has 8 heteroatoms. The number of ether oxygens (including phenoxy) is 1. The van der Waals surface area contributed by atoms with E-state index in [0.717, 1.165) is 10.1 Å². The van der Waals surface area contributed by atoms with Crippen molar-refractivity contribution in [3.05, 3.63) is 65.0 Å². The van der Waals surface area contributed by atoms with Gasteiger partial charge in [0, 0.05) is 34.1 Å². The molecule has 1 heterocycles. The number of aliphatic carboxylic acids is 1. The summed E-state index contributed by atoms with van der Waals surface area (Å²) in [7, 11) is 0. The first kappa shape index (κ1) is 22.8. The predicted octanol–water partition coefficient (Wildman–Crippen LogP) is 4.08. The van der Waals surface area contributed by atoms with Gasteiger partial charge < -0.3 is 20.5 Å². The number of fused-ring (bicyclic) bond motifs is 1. The molecule has 172 valence electrons. The van der Waals surface area contributed by atoms with Crippen LogP contribution in [0.2, 0.25) is 0 Å². The number of carboxylic acid groups (broad SMARTS) is 1. The molecule has 3 N–H and O–H groups in total. The third-order valence-electron chi connectivity index (χ3n) is 5.86. The van der Waals surface area contributed by atoms with Crippen molar-refractivity contribution in [1.82, 2.24) is 10.6 Å². The van der Waals surface area contributed by atoms with Gasteiger partial charge in [-0.1, -0.05) is 18.2 Å². The summed E-state index contributed by atoms with van der Waals surface area (Å²) in [6.45, 7) is 0.646. The number of carbonyl (C=O) groups is 3. The Morgan fingerprint density at radius 1 is 0.909 bits per heavy atom. The van der Waals surface area contributed by atoms with Gasteiger partial charge in [0.15, 0.2) is 0 Å². The number of nitrogens with one attached hydrogen (secondary N) is 2. The van der Waals surface area contributed by atoms with Gasteiger partial charge >= 0.3 is 5.97 Å². The summed E-state index contributed by atoms with van der Waals surface area (Å²) in [5, 5.41) is 17.5. The Hall–Kier alpha value is -3.39. The van der Waals surface area contributed by atoms with E-state index in [4.69, 9.17) is 9.84 Å². The molecule has 2 amide bonds. The second-order valence-electron chi connectivity index (χ2n) is 8.11. The minimum atomic E-state index is -0.733. The van der Waals surface area contributed by atoms with Crippen LogP contribution in [0, 0.1) is 5.92 Å². The van der Waals surface area contributed by atoms with Gasteiger partial charge in [-0.3, -0.25) is 14.4 Å². The summed E-state index contributed by atoms with van der Waals surface area (Å²) in [4.78, 5) is 35.9. The van der Waals surface area contributed by atoms with Crippen molar-refractivity contribution < 1.29 is 24.2 Å². The van der Waals surface area contributed by atoms with Crippen LogP contribution in [0.25, 0.3) is 10.1 Å². The average Bonchev–Trinajstić information content (AvgIpc) is 3.27. The zero-order valence-corrected chi connectivity index (χ0v) is 18.9. The number of hydrogen-bond acceptors (Lipinski definition) is 5. The van der Waals surface area contributed by atoms with Gasteiger partial charge in [-0.05, 0) is 56.0 Å². The number of amides is 2. The van der Waals surface area contributed by atoms with E-state index in [0.29, 0.717) is 55.6 Å². The quantitative estimate of drug-likeness (QED) is 0.434. The lowest BCUT2D eigenvalue weighted by molar-refractivity contribution is -0.143. The SMILES string of the molecule is O=C(NCCNC(=O)c1csc2ccccc12)c1ccc(OC2CCC(C(=O)O)CC2)cc1. The molecule has 1 fully saturated rings. The van der Waals surface area contributed by atoms with Crippen molar-refractivity contribution in [2.24, 2.45) is 5.92 Å². The molecule has 0 unspecified atom stereocenters. The Balaban J connectivity index is 1.20. The van der Waals surface area contributed by atoms with Crippen LogP contribution in [-0.2, 0) is 4.79 Å². The molecule has 1 aromatic heterocycles. The maximum atomic E-state index is 12.4. The van der Waals surface area contributed by atoms with Crippen LogP contribution >= 0.6 is 11.3 Å². The van der Waals surface area contributed by atoms with Crippen LogP contribution in [0.15, 0.2) is 53.9 Å². The van der Waals surface area contributed by atoms with E-state index in [-0.39, 0.29) is 23.8 Å². The van der Waals surface area contributed by atoms with Gasteiger partial charge in [-0.2, -0.15) is 0 Å². The largest absolute Gasteiger partial charge is 0.490 e. The molecule has 4 rings (SSSR count). The lowest BCUT2D eigenvalue weighted by atomic mass is 9.87. The van der Waals surface area contributed by atoms with Crippen LogP contribution in [-0.4, -0.2) is 42.1 Å². The van der Waals surface area contributed by atoms with Crippen molar-refractivity contribution in [2.75, 3.05) is 13.1 Å². The summed E-state index contributed by atoms with van der Waals surface area (Å²) in [6, 6.07) is 14.7. The maximum absolute atomic E-state index is 12.4. The van der Waals surface area contributed by atoms with Crippen molar-refractivity contribution in [3.63, 3.8) is 0 Å². The Bertz CT molecular complexity index is 1130. The minimum Gasteiger partial charge on any atom is -0.490 e. The van der Waals surface area contributed by atoms with Gasteiger partial charge in [0.25, 0.3) is 11.8 Å². The highest BCUT2D eigenvalue weighted by Crippen LogP contribution is 2.28. The fourth-order valence-electron chi connectivity index (χ4n) is 4.01. The molecule has 2 aromatic carbocycles. The molecule has 0 atom stereocenters. The van der Waals surface area contributed by atoms with E-state index in [1.165, 1.54) is 11.3 Å². The number of carboxylic acids is 1. The topological polar surface area (TPSA) is 105 Å². The second kappa shape index (κ2) is 10.5. The lowest BCUT2D eigenvalue weighted by Crippen LogP contribution is -2.34. The van der Waals surface area contributed by atoms with E-state index >= 15 is 0 Å². The number of benzene rings is 2. The summed E-state index contributed by atoms with van der Waals surface area (Å²) >= 11 is 1.53. The zero-order chi connectivity index (χ0) is 23.2. The van der Waals surface area contributed by atoms with Gasteiger partial charge in [-0.15, -0.1) is 11.3 Å². The fourth-order valence-corrected chi connectivity index (χ4v) is 4.95. The predicted molar refractivity (Wildman–Crippen MR) is 127 cm³/mol. The summed E-state index contributed by atoms with van der Waals surface area (Å²) < 4.78 is 7.00. The molecule has 7 nitrogen and oxygen atoms in total. The molecular weight excluding hydrogens is 440 g/mol. The van der Waals surface area contributed by atoms with E-state index in [2.05, 4.69) is 10.6 Å². The Morgan fingerprint density at radius 3 is 2.27 bits per heavy atom. The summed E-state index contributed by atoms with van der Waals surface area (Å²) in [5.74, 6) is -0.714. The molecule has 33 heavy (non-hydrogen) atoms. The molecule has 1 aliphatic rings. The van der Waals surface area contributed by atoms with Crippen LogP contribution in [0.1, 0.15) is 46.4 Å². The standard InChI is InChI=1S/C25H26N2O5S/c28-23(26-13-14-27-24(29)21-15-33-22-4-2-1-3-20(21)22)16-5-9-18(10-6-16)32-19-11-7-17(8-12-19)25(30)31/h1-6,9-10,15,17,19H,7-8,11-14H2,(H,26,28)(H,27,29)(H,30,31). The highest BCUT2D eigenvalue weighted by molar-refractivity contribution is 7.17. The number of rotatable bonds is 8. The molecule has 1 aliphatic carbocycles. The first-order valence-corrected chi connectivity index (χ1v) is 11.9.